The Kier molecular flexibility index (Phi) is 2.60. The smallest absolute Gasteiger partial charge is 0.194 e. The van der Waals surface area contributed by atoms with Crippen molar-refractivity contribution in [3.63, 3.8) is 0 Å². The molecule has 3 nitrogen and oxygen atoms in total. The van der Waals surface area contributed by atoms with Crippen LogP contribution in [0.4, 0.5) is 0 Å². The molecule has 14 heavy (non-hydrogen) atoms. The highest BCUT2D eigenvalue weighted by Gasteiger charge is 2.02. The first-order valence-corrected chi connectivity index (χ1v) is 4.44. The van der Waals surface area contributed by atoms with E-state index >= 15 is 0 Å². The summed E-state index contributed by atoms with van der Waals surface area (Å²) in [5.41, 5.74) is 0. The van der Waals surface area contributed by atoms with Gasteiger partial charge < -0.3 is 4.74 Å². The molecule has 0 radical (unpaired) electrons. The van der Waals surface area contributed by atoms with Crippen LogP contribution in [0.25, 0.3) is 0 Å². The second-order valence-electron chi connectivity index (χ2n) is 2.60. The van der Waals surface area contributed by atoms with E-state index in [0.717, 1.165) is 5.75 Å². The lowest BCUT2D eigenvalue weighted by molar-refractivity contribution is 0.478. The highest BCUT2D eigenvalue weighted by Crippen LogP contribution is 2.25. The molecule has 0 N–H and O–H groups in total. The van der Waals surface area contributed by atoms with Gasteiger partial charge in [-0.1, -0.05) is 29.8 Å². The predicted molar refractivity (Wildman–Crippen MR) is 53.6 cm³/mol. The normalized spacial score (nSPS) is 9.79. The van der Waals surface area contributed by atoms with Crippen LogP contribution in [0.2, 0.25) is 5.15 Å². The first-order chi connectivity index (χ1) is 6.86. The average molecular weight is 207 g/mol. The van der Waals surface area contributed by atoms with Crippen molar-refractivity contribution in [3.8, 4) is 11.5 Å². The molecule has 2 aromatic rings. The van der Waals surface area contributed by atoms with Crippen LogP contribution in [0.5, 0.6) is 11.5 Å². The van der Waals surface area contributed by atoms with Gasteiger partial charge in [0.1, 0.15) is 5.75 Å². The van der Waals surface area contributed by atoms with E-state index in [-0.39, 0.29) is 5.15 Å². The fourth-order valence-corrected chi connectivity index (χ4v) is 1.14. The van der Waals surface area contributed by atoms with E-state index in [4.69, 9.17) is 16.3 Å². The van der Waals surface area contributed by atoms with E-state index in [9.17, 15) is 0 Å². The molecule has 0 spiro atoms. The number of nitrogens with zero attached hydrogens (tertiary/aromatic N) is 2. The Balaban J connectivity index is 2.24. The number of para-hydroxylation sites is 1. The minimum Gasteiger partial charge on any atom is -0.454 e. The van der Waals surface area contributed by atoms with Crippen molar-refractivity contribution in [2.24, 2.45) is 0 Å². The number of aromatic nitrogens is 2. The summed E-state index contributed by atoms with van der Waals surface area (Å²) in [5.74, 6) is 1.23. The average Bonchev–Trinajstić information content (AvgIpc) is 2.23. The number of rotatable bonds is 2. The Hall–Kier alpha value is -1.61. The minimum absolute atomic E-state index is 0.261. The third-order valence-electron chi connectivity index (χ3n) is 1.61. The van der Waals surface area contributed by atoms with Crippen LogP contribution in [-0.2, 0) is 0 Å². The summed E-state index contributed by atoms with van der Waals surface area (Å²) in [5, 5.41) is 7.55. The maximum atomic E-state index is 5.78. The molecule has 0 saturated heterocycles. The van der Waals surface area contributed by atoms with E-state index in [1.807, 2.05) is 30.3 Å². The summed E-state index contributed by atoms with van der Waals surface area (Å²) in [6.07, 6.45) is 1.53. The van der Waals surface area contributed by atoms with E-state index < -0.39 is 0 Å². The lowest BCUT2D eigenvalue weighted by Crippen LogP contribution is -1.88. The standard InChI is InChI=1S/C10H7ClN2O/c11-10-9(6-7-12-13-10)14-8-4-2-1-3-5-8/h1-7H. The van der Waals surface area contributed by atoms with E-state index in [1.165, 1.54) is 6.20 Å². The summed E-state index contributed by atoms with van der Waals surface area (Å²) in [6, 6.07) is 11.0. The quantitative estimate of drug-likeness (QED) is 0.758. The van der Waals surface area contributed by atoms with Crippen molar-refractivity contribution in [1.82, 2.24) is 10.2 Å². The fraction of sp³-hybridized carbons (Fsp3) is 0. The molecule has 0 fully saturated rings. The van der Waals surface area contributed by atoms with Gasteiger partial charge in [-0.2, -0.15) is 5.10 Å². The third kappa shape index (κ3) is 2.00. The molecule has 1 aromatic carbocycles. The zero-order valence-electron chi connectivity index (χ0n) is 7.22. The molecule has 1 aromatic heterocycles. The Morgan fingerprint density at radius 3 is 2.57 bits per heavy atom. The van der Waals surface area contributed by atoms with E-state index in [0.29, 0.717) is 5.75 Å². The molecule has 0 aliphatic carbocycles. The van der Waals surface area contributed by atoms with Crippen molar-refractivity contribution in [2.75, 3.05) is 0 Å². The Morgan fingerprint density at radius 2 is 1.86 bits per heavy atom. The molecular formula is C10H7ClN2O. The van der Waals surface area contributed by atoms with Gasteiger partial charge in [0, 0.05) is 6.07 Å². The molecule has 0 saturated carbocycles. The van der Waals surface area contributed by atoms with Crippen LogP contribution in [-0.4, -0.2) is 10.2 Å². The SMILES string of the molecule is Clc1nnccc1Oc1ccccc1. The first kappa shape index (κ1) is 8.97. The van der Waals surface area contributed by atoms with Crippen LogP contribution in [0.15, 0.2) is 42.6 Å². The van der Waals surface area contributed by atoms with Gasteiger partial charge in [0.25, 0.3) is 0 Å². The van der Waals surface area contributed by atoms with Crippen LogP contribution < -0.4 is 4.74 Å². The molecule has 0 atom stereocenters. The summed E-state index contributed by atoms with van der Waals surface area (Å²) < 4.78 is 5.47. The van der Waals surface area contributed by atoms with E-state index in [1.54, 1.807) is 6.07 Å². The van der Waals surface area contributed by atoms with Gasteiger partial charge in [-0.3, -0.25) is 0 Å². The number of hydrogen-bond donors (Lipinski definition) is 0. The maximum Gasteiger partial charge on any atom is 0.194 e. The van der Waals surface area contributed by atoms with Crippen molar-refractivity contribution in [1.29, 1.82) is 0 Å². The summed E-state index contributed by atoms with van der Waals surface area (Å²) in [7, 11) is 0. The molecule has 0 bridgehead atoms. The zero-order chi connectivity index (χ0) is 9.80. The van der Waals surface area contributed by atoms with Gasteiger partial charge >= 0.3 is 0 Å². The topological polar surface area (TPSA) is 35.0 Å². The largest absolute Gasteiger partial charge is 0.454 e. The summed E-state index contributed by atoms with van der Waals surface area (Å²) in [4.78, 5) is 0. The fourth-order valence-electron chi connectivity index (χ4n) is 0.995. The predicted octanol–water partition coefficient (Wildman–Crippen LogP) is 2.92. The summed E-state index contributed by atoms with van der Waals surface area (Å²) in [6.45, 7) is 0. The van der Waals surface area contributed by atoms with E-state index in [2.05, 4.69) is 10.2 Å². The number of ether oxygens (including phenoxy) is 1. The first-order valence-electron chi connectivity index (χ1n) is 4.06. The molecule has 1 heterocycles. The van der Waals surface area contributed by atoms with Crippen LogP contribution in [0.3, 0.4) is 0 Å². The van der Waals surface area contributed by atoms with Gasteiger partial charge in [0.2, 0.25) is 0 Å². The molecule has 70 valence electrons. The third-order valence-corrected chi connectivity index (χ3v) is 1.87. The van der Waals surface area contributed by atoms with Gasteiger partial charge in [-0.25, -0.2) is 0 Å². The molecular weight excluding hydrogens is 200 g/mol. The Morgan fingerprint density at radius 1 is 1.07 bits per heavy atom. The molecule has 0 unspecified atom stereocenters. The number of benzene rings is 1. The van der Waals surface area contributed by atoms with Gasteiger partial charge in [-0.15, -0.1) is 5.10 Å². The molecule has 2 rings (SSSR count). The molecule has 0 aliphatic heterocycles. The Labute approximate surface area is 86.3 Å². The molecule has 4 heteroatoms. The molecule has 0 aliphatic rings. The lowest BCUT2D eigenvalue weighted by Gasteiger charge is -2.04. The maximum absolute atomic E-state index is 5.78. The van der Waals surface area contributed by atoms with Crippen LogP contribution in [0, 0.1) is 0 Å². The van der Waals surface area contributed by atoms with Gasteiger partial charge in [-0.05, 0) is 12.1 Å². The van der Waals surface area contributed by atoms with Crippen molar-refractivity contribution < 1.29 is 4.74 Å². The van der Waals surface area contributed by atoms with Gasteiger partial charge in [0.05, 0.1) is 6.20 Å². The minimum atomic E-state index is 0.261. The van der Waals surface area contributed by atoms with Gasteiger partial charge in [0.15, 0.2) is 10.9 Å². The number of hydrogen-bond acceptors (Lipinski definition) is 3. The second kappa shape index (κ2) is 4.07. The van der Waals surface area contributed by atoms with Crippen LogP contribution >= 0.6 is 11.6 Å². The van der Waals surface area contributed by atoms with Crippen molar-refractivity contribution in [3.05, 3.63) is 47.7 Å². The lowest BCUT2D eigenvalue weighted by atomic mass is 10.3. The van der Waals surface area contributed by atoms with Crippen molar-refractivity contribution >= 4 is 11.6 Å². The number of halogens is 1. The summed E-state index contributed by atoms with van der Waals surface area (Å²) >= 11 is 5.78. The Bertz CT molecular complexity index is 419. The highest BCUT2D eigenvalue weighted by molar-refractivity contribution is 6.30. The van der Waals surface area contributed by atoms with Crippen LogP contribution in [0.1, 0.15) is 0 Å². The van der Waals surface area contributed by atoms with Crippen molar-refractivity contribution in [2.45, 2.75) is 0 Å². The second-order valence-corrected chi connectivity index (χ2v) is 2.96. The molecule has 0 amide bonds. The monoisotopic (exact) mass is 206 g/mol. The zero-order valence-corrected chi connectivity index (χ0v) is 7.98. The highest BCUT2D eigenvalue weighted by atomic mass is 35.5.